The number of unbranched alkanes of at least 4 members (excludes halogenated alkanes) is 10. The molecule has 2 aliphatic heterocycles. The summed E-state index contributed by atoms with van der Waals surface area (Å²) in [5, 5.41) is 25.8. The Bertz CT molecular complexity index is 2300. The van der Waals surface area contributed by atoms with E-state index in [9.17, 15) is 29.7 Å². The van der Waals surface area contributed by atoms with Crippen LogP contribution in [0.1, 0.15) is 143 Å². The molecule has 0 radical (unpaired) electrons. The Balaban J connectivity index is 1.38. The lowest BCUT2D eigenvalue weighted by atomic mass is 9.79. The molecule has 2 aliphatic rings. The van der Waals surface area contributed by atoms with Gasteiger partial charge in [-0.25, -0.2) is 0 Å². The standard InChI is InChI=1S/C42H40N4O4/c1-3-5-7-9-11-13-21-45-39(47)28-18-15-25-26-16-19-30-37-36(26)34(27-17-20-29(40(45)48)35(28)33(25)27)31(23-43)32(24-44)38(37)42(50)46(41(30)49)22-14-12-10-8-6-4-2/h15-20H,3-14,21-22H2,1-2H3. The first-order chi connectivity index (χ1) is 24.4. The van der Waals surface area contributed by atoms with Gasteiger partial charge in [0.05, 0.1) is 16.7 Å². The summed E-state index contributed by atoms with van der Waals surface area (Å²) in [5.41, 5.74) is 1.27. The van der Waals surface area contributed by atoms with E-state index in [-0.39, 0.29) is 35.0 Å². The number of carbonyl (C=O) groups excluding carboxylic acids is 4. The Morgan fingerprint density at radius 1 is 0.460 bits per heavy atom. The third-order valence-electron chi connectivity index (χ3n) is 10.8. The number of hydrogen-bond donors (Lipinski definition) is 0. The van der Waals surface area contributed by atoms with Crippen LogP contribution in [0.4, 0.5) is 0 Å². The Labute approximate surface area is 291 Å². The van der Waals surface area contributed by atoms with Crippen molar-refractivity contribution in [2.45, 2.75) is 90.9 Å². The van der Waals surface area contributed by atoms with Crippen LogP contribution in [-0.2, 0) is 0 Å². The molecule has 0 unspecified atom stereocenters. The first-order valence-corrected chi connectivity index (χ1v) is 18.2. The van der Waals surface area contributed by atoms with Crippen molar-refractivity contribution in [2.24, 2.45) is 0 Å². The molecule has 7 rings (SSSR count). The fourth-order valence-electron chi connectivity index (χ4n) is 8.28. The van der Waals surface area contributed by atoms with Crippen molar-refractivity contribution in [3.63, 3.8) is 0 Å². The highest BCUT2D eigenvalue weighted by atomic mass is 16.2. The average molecular weight is 665 g/mol. The number of imide groups is 2. The zero-order chi connectivity index (χ0) is 35.1. The summed E-state index contributed by atoms with van der Waals surface area (Å²) in [6, 6.07) is 15.0. The van der Waals surface area contributed by atoms with Crippen LogP contribution in [0.15, 0.2) is 36.4 Å². The highest BCUT2D eigenvalue weighted by Gasteiger charge is 2.39. The van der Waals surface area contributed by atoms with Crippen molar-refractivity contribution in [1.82, 2.24) is 9.80 Å². The van der Waals surface area contributed by atoms with Crippen molar-refractivity contribution in [3.8, 4) is 12.1 Å². The summed E-state index contributed by atoms with van der Waals surface area (Å²) in [6.45, 7) is 4.91. The molecule has 5 aromatic carbocycles. The Kier molecular flexibility index (Phi) is 8.97. The number of nitriles is 2. The van der Waals surface area contributed by atoms with Crippen LogP contribution in [0.25, 0.3) is 43.1 Å². The first kappa shape index (κ1) is 33.2. The van der Waals surface area contributed by atoms with Crippen LogP contribution in [0, 0.1) is 22.7 Å². The van der Waals surface area contributed by atoms with E-state index in [0.717, 1.165) is 69.6 Å². The van der Waals surface area contributed by atoms with Crippen LogP contribution in [-0.4, -0.2) is 46.5 Å². The topological polar surface area (TPSA) is 122 Å². The summed E-state index contributed by atoms with van der Waals surface area (Å²) >= 11 is 0. The molecule has 4 amide bonds. The predicted molar refractivity (Wildman–Crippen MR) is 195 cm³/mol. The van der Waals surface area contributed by atoms with Crippen molar-refractivity contribution in [1.29, 1.82) is 10.5 Å². The van der Waals surface area contributed by atoms with Gasteiger partial charge in [-0.3, -0.25) is 29.0 Å². The third kappa shape index (κ3) is 5.00. The van der Waals surface area contributed by atoms with E-state index in [4.69, 9.17) is 0 Å². The van der Waals surface area contributed by atoms with Gasteiger partial charge in [-0.2, -0.15) is 10.5 Å². The summed E-state index contributed by atoms with van der Waals surface area (Å²) in [6.07, 6.45) is 12.2. The van der Waals surface area contributed by atoms with Gasteiger partial charge in [-0.1, -0.05) is 96.3 Å². The summed E-state index contributed by atoms with van der Waals surface area (Å²) in [5.74, 6) is -1.63. The molecular formula is C42H40N4O4. The molecule has 0 saturated carbocycles. The lowest BCUT2D eigenvalue weighted by molar-refractivity contribution is 0.0592. The van der Waals surface area contributed by atoms with Gasteiger partial charge < -0.3 is 0 Å². The molecule has 5 aromatic rings. The van der Waals surface area contributed by atoms with Crippen molar-refractivity contribution < 1.29 is 19.2 Å². The van der Waals surface area contributed by atoms with Gasteiger partial charge in [-0.05, 0) is 52.6 Å². The molecule has 0 atom stereocenters. The van der Waals surface area contributed by atoms with E-state index in [2.05, 4.69) is 26.0 Å². The number of benzene rings is 5. The maximum Gasteiger partial charge on any atom is 0.262 e. The number of fused-ring (bicyclic) bond motifs is 2. The summed E-state index contributed by atoms with van der Waals surface area (Å²) in [4.78, 5) is 58.4. The number of nitrogens with zero attached hydrogens (tertiary/aromatic N) is 4. The molecular weight excluding hydrogens is 624 g/mol. The number of hydrogen-bond acceptors (Lipinski definition) is 6. The van der Waals surface area contributed by atoms with E-state index in [1.54, 1.807) is 24.3 Å². The quantitative estimate of drug-likeness (QED) is 0.0504. The largest absolute Gasteiger partial charge is 0.274 e. The van der Waals surface area contributed by atoms with Crippen LogP contribution in [0.2, 0.25) is 0 Å². The molecule has 8 nitrogen and oxygen atoms in total. The third-order valence-corrected chi connectivity index (χ3v) is 10.8. The minimum atomic E-state index is -0.550. The van der Waals surface area contributed by atoms with Gasteiger partial charge in [0, 0.05) is 51.3 Å². The van der Waals surface area contributed by atoms with Crippen LogP contribution in [0.3, 0.4) is 0 Å². The van der Waals surface area contributed by atoms with Gasteiger partial charge in [-0.15, -0.1) is 0 Å². The molecule has 252 valence electrons. The number of carbonyl (C=O) groups is 4. The Morgan fingerprint density at radius 3 is 1.42 bits per heavy atom. The number of rotatable bonds is 14. The summed E-state index contributed by atoms with van der Waals surface area (Å²) in [7, 11) is 0. The van der Waals surface area contributed by atoms with Gasteiger partial charge in [0.1, 0.15) is 12.1 Å². The lowest BCUT2D eigenvalue weighted by Gasteiger charge is -2.31. The zero-order valence-electron chi connectivity index (χ0n) is 28.8. The maximum atomic E-state index is 14.1. The van der Waals surface area contributed by atoms with E-state index in [1.165, 1.54) is 16.2 Å². The Morgan fingerprint density at radius 2 is 0.900 bits per heavy atom. The normalized spacial score (nSPS) is 14.2. The first-order valence-electron chi connectivity index (χ1n) is 18.2. The minimum Gasteiger partial charge on any atom is -0.274 e. The van der Waals surface area contributed by atoms with Crippen LogP contribution < -0.4 is 0 Å². The smallest absolute Gasteiger partial charge is 0.262 e. The second kappa shape index (κ2) is 13.5. The highest BCUT2D eigenvalue weighted by Crippen LogP contribution is 2.48. The molecule has 0 fully saturated rings. The van der Waals surface area contributed by atoms with Crippen molar-refractivity contribution in [3.05, 3.63) is 69.8 Å². The fourth-order valence-corrected chi connectivity index (χ4v) is 8.28. The van der Waals surface area contributed by atoms with Crippen LogP contribution in [0.5, 0.6) is 0 Å². The molecule has 0 spiro atoms. The van der Waals surface area contributed by atoms with Crippen molar-refractivity contribution >= 4 is 66.7 Å². The second-order valence-electron chi connectivity index (χ2n) is 13.8. The molecule has 0 saturated heterocycles. The lowest BCUT2D eigenvalue weighted by Crippen LogP contribution is -2.41. The van der Waals surface area contributed by atoms with Gasteiger partial charge in [0.25, 0.3) is 23.6 Å². The minimum absolute atomic E-state index is 0.0555. The predicted octanol–water partition coefficient (Wildman–Crippen LogP) is 9.39. The van der Waals surface area contributed by atoms with E-state index >= 15 is 0 Å². The van der Waals surface area contributed by atoms with Gasteiger partial charge in [0.15, 0.2) is 0 Å². The molecule has 50 heavy (non-hydrogen) atoms. The SMILES string of the molecule is CCCCCCCCN1C(=O)c2ccc3c4ccc5c6c(c(C#N)c(C#N)c(c7ccc(c2c37)C1=O)c64)C(=O)N(CCCCCCCC)C5=O. The molecule has 0 bridgehead atoms. The molecule has 8 heteroatoms. The van der Waals surface area contributed by atoms with E-state index < -0.39 is 11.8 Å². The van der Waals surface area contributed by atoms with E-state index in [0.29, 0.717) is 67.4 Å². The molecule has 2 heterocycles. The highest BCUT2D eigenvalue weighted by molar-refractivity contribution is 6.42. The molecule has 0 aliphatic carbocycles. The molecule has 0 N–H and O–H groups in total. The van der Waals surface area contributed by atoms with Gasteiger partial charge in [0.2, 0.25) is 0 Å². The Hall–Kier alpha value is -5.34. The average Bonchev–Trinajstić information content (AvgIpc) is 3.13. The fraction of sp³-hybridized carbons (Fsp3) is 0.381. The van der Waals surface area contributed by atoms with Crippen LogP contribution >= 0.6 is 0 Å². The van der Waals surface area contributed by atoms with Crippen molar-refractivity contribution in [2.75, 3.05) is 13.1 Å². The molecule has 0 aromatic heterocycles. The van der Waals surface area contributed by atoms with Gasteiger partial charge >= 0.3 is 0 Å². The zero-order valence-corrected chi connectivity index (χ0v) is 28.8. The number of amides is 4. The monoisotopic (exact) mass is 664 g/mol. The van der Waals surface area contributed by atoms with E-state index in [1.807, 2.05) is 12.1 Å². The maximum absolute atomic E-state index is 14.1. The second-order valence-corrected chi connectivity index (χ2v) is 13.8. The summed E-state index contributed by atoms with van der Waals surface area (Å²) < 4.78 is 0.